The van der Waals surface area contributed by atoms with Crippen molar-refractivity contribution in [2.45, 2.75) is 19.0 Å². The highest BCUT2D eigenvalue weighted by molar-refractivity contribution is 7.99. The van der Waals surface area contributed by atoms with Crippen LogP contribution in [-0.4, -0.2) is 26.8 Å². The first-order valence-electron chi connectivity index (χ1n) is 7.70. The molecule has 0 saturated heterocycles. The van der Waals surface area contributed by atoms with E-state index in [0.717, 1.165) is 16.7 Å². The molecule has 0 saturated carbocycles. The summed E-state index contributed by atoms with van der Waals surface area (Å²) >= 11 is 7.25. The fraction of sp³-hybridized carbons (Fsp3) is 0.167. The summed E-state index contributed by atoms with van der Waals surface area (Å²) in [7, 11) is 0. The largest absolute Gasteiger partial charge is 0.325 e. The van der Waals surface area contributed by atoms with E-state index in [1.54, 1.807) is 12.1 Å². The molecule has 0 aliphatic carbocycles. The molecule has 1 aromatic heterocycles. The van der Waals surface area contributed by atoms with Gasteiger partial charge in [0.1, 0.15) is 0 Å². The Bertz CT molecular complexity index is 910. The van der Waals surface area contributed by atoms with E-state index in [9.17, 15) is 4.79 Å². The van der Waals surface area contributed by atoms with Crippen LogP contribution in [-0.2, 0) is 4.79 Å². The smallest absolute Gasteiger partial charge is 0.234 e. The van der Waals surface area contributed by atoms with Gasteiger partial charge in [0.05, 0.1) is 5.75 Å². The Kier molecular flexibility index (Phi) is 5.40. The summed E-state index contributed by atoms with van der Waals surface area (Å²) in [6, 6.07) is 13.3. The van der Waals surface area contributed by atoms with Gasteiger partial charge >= 0.3 is 0 Å². The molecule has 2 N–H and O–H groups in total. The topological polar surface area (TPSA) is 70.7 Å². The third-order valence-corrected chi connectivity index (χ3v) is 4.75. The summed E-state index contributed by atoms with van der Waals surface area (Å²) < 4.78 is 0. The van der Waals surface area contributed by atoms with Crippen LogP contribution in [0.2, 0.25) is 5.02 Å². The molecule has 1 heterocycles. The van der Waals surface area contributed by atoms with Crippen molar-refractivity contribution in [2.75, 3.05) is 11.1 Å². The maximum atomic E-state index is 12.1. The molecule has 0 unspecified atom stereocenters. The summed E-state index contributed by atoms with van der Waals surface area (Å²) in [5.41, 5.74) is 3.79. The lowest BCUT2D eigenvalue weighted by Crippen LogP contribution is -2.14. The number of aromatic nitrogens is 3. The SMILES string of the molecule is Cc1ccc(Cl)cc1NC(=O)CSc1n[nH]c(-c2ccccc2C)n1. The zero-order valence-electron chi connectivity index (χ0n) is 13.8. The Morgan fingerprint density at radius 3 is 2.80 bits per heavy atom. The van der Waals surface area contributed by atoms with Crippen LogP contribution >= 0.6 is 23.4 Å². The van der Waals surface area contributed by atoms with E-state index in [0.29, 0.717) is 21.7 Å². The summed E-state index contributed by atoms with van der Waals surface area (Å²) in [4.78, 5) is 16.6. The van der Waals surface area contributed by atoms with Gasteiger partial charge in [-0.3, -0.25) is 9.89 Å². The summed E-state index contributed by atoms with van der Waals surface area (Å²) in [5, 5.41) is 11.1. The van der Waals surface area contributed by atoms with E-state index >= 15 is 0 Å². The molecule has 0 aliphatic heterocycles. The van der Waals surface area contributed by atoms with E-state index in [1.165, 1.54) is 11.8 Å². The van der Waals surface area contributed by atoms with Crippen molar-refractivity contribution in [3.05, 3.63) is 58.6 Å². The lowest BCUT2D eigenvalue weighted by Gasteiger charge is -2.07. The molecule has 1 amide bonds. The molecule has 0 fully saturated rings. The van der Waals surface area contributed by atoms with Crippen molar-refractivity contribution in [1.82, 2.24) is 15.2 Å². The van der Waals surface area contributed by atoms with E-state index in [2.05, 4.69) is 20.5 Å². The van der Waals surface area contributed by atoms with Crippen molar-refractivity contribution in [1.29, 1.82) is 0 Å². The molecule has 0 spiro atoms. The number of nitrogens with one attached hydrogen (secondary N) is 2. The number of H-pyrrole nitrogens is 1. The Morgan fingerprint density at radius 1 is 1.20 bits per heavy atom. The number of carbonyl (C=O) groups is 1. The van der Waals surface area contributed by atoms with Crippen LogP contribution in [0, 0.1) is 13.8 Å². The highest BCUT2D eigenvalue weighted by Gasteiger charge is 2.11. The number of amides is 1. The Morgan fingerprint density at radius 2 is 2.00 bits per heavy atom. The molecule has 3 rings (SSSR count). The zero-order chi connectivity index (χ0) is 17.8. The molecule has 0 radical (unpaired) electrons. The fourth-order valence-corrected chi connectivity index (χ4v) is 3.09. The number of hydrogen-bond acceptors (Lipinski definition) is 4. The number of thioether (sulfide) groups is 1. The zero-order valence-corrected chi connectivity index (χ0v) is 15.4. The third-order valence-electron chi connectivity index (χ3n) is 3.67. The second kappa shape index (κ2) is 7.72. The van der Waals surface area contributed by atoms with Gasteiger partial charge in [-0.15, -0.1) is 5.10 Å². The predicted octanol–water partition coefficient (Wildman–Crippen LogP) is 4.47. The number of rotatable bonds is 5. The first kappa shape index (κ1) is 17.5. The average molecular weight is 373 g/mol. The van der Waals surface area contributed by atoms with Gasteiger partial charge in [0.25, 0.3) is 0 Å². The number of halogens is 1. The van der Waals surface area contributed by atoms with Crippen LogP contribution in [0.4, 0.5) is 5.69 Å². The van der Waals surface area contributed by atoms with Gasteiger partial charge in [-0.2, -0.15) is 0 Å². The minimum Gasteiger partial charge on any atom is -0.325 e. The predicted molar refractivity (Wildman–Crippen MR) is 102 cm³/mol. The van der Waals surface area contributed by atoms with Crippen molar-refractivity contribution < 1.29 is 4.79 Å². The number of anilines is 1. The molecule has 0 aliphatic rings. The van der Waals surface area contributed by atoms with Gasteiger partial charge < -0.3 is 5.32 Å². The van der Waals surface area contributed by atoms with Crippen LogP contribution in [0.1, 0.15) is 11.1 Å². The number of aryl methyl sites for hydroxylation is 2. The number of aromatic amines is 1. The maximum absolute atomic E-state index is 12.1. The molecule has 25 heavy (non-hydrogen) atoms. The number of carbonyl (C=O) groups excluding carboxylic acids is 1. The van der Waals surface area contributed by atoms with E-state index in [4.69, 9.17) is 11.6 Å². The van der Waals surface area contributed by atoms with Crippen LogP contribution < -0.4 is 5.32 Å². The second-order valence-corrected chi connectivity index (χ2v) is 6.96. The quantitative estimate of drug-likeness (QED) is 0.648. The lowest BCUT2D eigenvalue weighted by molar-refractivity contribution is -0.113. The highest BCUT2D eigenvalue weighted by Crippen LogP contribution is 2.23. The molecule has 5 nitrogen and oxygen atoms in total. The molecule has 2 aromatic carbocycles. The monoisotopic (exact) mass is 372 g/mol. The van der Waals surface area contributed by atoms with Crippen LogP contribution in [0.15, 0.2) is 47.6 Å². The van der Waals surface area contributed by atoms with E-state index in [-0.39, 0.29) is 11.7 Å². The van der Waals surface area contributed by atoms with Crippen molar-refractivity contribution >= 4 is 35.0 Å². The van der Waals surface area contributed by atoms with Crippen LogP contribution in [0.5, 0.6) is 0 Å². The van der Waals surface area contributed by atoms with Crippen molar-refractivity contribution in [3.8, 4) is 11.4 Å². The lowest BCUT2D eigenvalue weighted by atomic mass is 10.1. The molecule has 0 bridgehead atoms. The van der Waals surface area contributed by atoms with Crippen molar-refractivity contribution in [3.63, 3.8) is 0 Å². The molecule has 7 heteroatoms. The Labute approximate surface area is 155 Å². The van der Waals surface area contributed by atoms with Gasteiger partial charge in [0, 0.05) is 16.3 Å². The Balaban J connectivity index is 1.61. The standard InChI is InChI=1S/C18H17ClN4OS/c1-11-5-3-4-6-14(11)17-21-18(23-22-17)25-10-16(24)20-15-9-13(19)8-7-12(15)2/h3-9H,10H2,1-2H3,(H,20,24)(H,21,22,23). The summed E-state index contributed by atoms with van der Waals surface area (Å²) in [5.74, 6) is 0.793. The molecular formula is C18H17ClN4OS. The summed E-state index contributed by atoms with van der Waals surface area (Å²) in [6.45, 7) is 3.94. The number of hydrogen-bond donors (Lipinski definition) is 2. The first-order chi connectivity index (χ1) is 12.0. The Hall–Kier alpha value is -2.31. The van der Waals surface area contributed by atoms with Gasteiger partial charge in [-0.25, -0.2) is 4.98 Å². The van der Waals surface area contributed by atoms with Gasteiger partial charge in [0.2, 0.25) is 11.1 Å². The van der Waals surface area contributed by atoms with Crippen molar-refractivity contribution in [2.24, 2.45) is 0 Å². The van der Waals surface area contributed by atoms with Crippen LogP contribution in [0.3, 0.4) is 0 Å². The molecular weight excluding hydrogens is 356 g/mol. The average Bonchev–Trinajstić information content (AvgIpc) is 3.05. The number of benzene rings is 2. The minimum atomic E-state index is -0.127. The van der Waals surface area contributed by atoms with E-state index in [1.807, 2.05) is 44.2 Å². The van der Waals surface area contributed by atoms with Gasteiger partial charge in [0.15, 0.2) is 5.82 Å². The minimum absolute atomic E-state index is 0.127. The first-order valence-corrected chi connectivity index (χ1v) is 9.06. The maximum Gasteiger partial charge on any atom is 0.234 e. The molecule has 128 valence electrons. The summed E-state index contributed by atoms with van der Waals surface area (Å²) in [6.07, 6.45) is 0. The highest BCUT2D eigenvalue weighted by atomic mass is 35.5. The number of nitrogens with zero attached hydrogens (tertiary/aromatic N) is 2. The third kappa shape index (κ3) is 4.41. The fourth-order valence-electron chi connectivity index (χ4n) is 2.32. The van der Waals surface area contributed by atoms with Gasteiger partial charge in [-0.05, 0) is 37.1 Å². The molecule has 0 atom stereocenters. The molecule has 3 aromatic rings. The normalized spacial score (nSPS) is 10.7. The van der Waals surface area contributed by atoms with Gasteiger partial charge in [-0.1, -0.05) is 53.7 Å². The van der Waals surface area contributed by atoms with E-state index < -0.39 is 0 Å². The van der Waals surface area contributed by atoms with Crippen LogP contribution in [0.25, 0.3) is 11.4 Å². The second-order valence-electron chi connectivity index (χ2n) is 5.58.